The number of halogens is 1. The second-order valence-electron chi connectivity index (χ2n) is 3.62. The molecule has 0 amide bonds. The Bertz CT molecular complexity index is 353. The summed E-state index contributed by atoms with van der Waals surface area (Å²) in [5.41, 5.74) is 0. The first-order valence-corrected chi connectivity index (χ1v) is 6.05. The average molecular weight is 302 g/mol. The zero-order valence-electron chi connectivity index (χ0n) is 9.98. The summed E-state index contributed by atoms with van der Waals surface area (Å²) in [7, 11) is 3.23. The number of carbonyl (C=O) groups is 1. The molecule has 0 aliphatic carbocycles. The highest BCUT2D eigenvalue weighted by Gasteiger charge is 2.05. The molecule has 4 nitrogen and oxygen atoms in total. The van der Waals surface area contributed by atoms with E-state index in [1.54, 1.807) is 0 Å². The number of esters is 1. The Hall–Kier alpha value is -1.07. The van der Waals surface area contributed by atoms with E-state index >= 15 is 0 Å². The second kappa shape index (κ2) is 7.29. The van der Waals surface area contributed by atoms with Crippen molar-refractivity contribution in [2.45, 2.75) is 0 Å². The minimum atomic E-state index is -0.240. The van der Waals surface area contributed by atoms with Crippen LogP contribution in [-0.2, 0) is 9.53 Å². The maximum Gasteiger partial charge on any atom is 0.319 e. The summed E-state index contributed by atoms with van der Waals surface area (Å²) in [6, 6.07) is 7.63. The van der Waals surface area contributed by atoms with Gasteiger partial charge >= 0.3 is 5.97 Å². The van der Waals surface area contributed by atoms with E-state index in [1.807, 2.05) is 36.2 Å². The molecular weight excluding hydrogens is 286 g/mol. The van der Waals surface area contributed by atoms with Crippen LogP contribution in [-0.4, -0.2) is 44.7 Å². The van der Waals surface area contributed by atoms with Crippen LogP contribution in [0.4, 0.5) is 0 Å². The average Bonchev–Trinajstić information content (AvgIpc) is 2.31. The first-order chi connectivity index (χ1) is 8.11. The van der Waals surface area contributed by atoms with E-state index in [1.165, 1.54) is 7.11 Å². The maximum absolute atomic E-state index is 11.0. The lowest BCUT2D eigenvalue weighted by Gasteiger charge is -2.15. The molecule has 0 N–H and O–H groups in total. The van der Waals surface area contributed by atoms with Gasteiger partial charge in [0.15, 0.2) is 0 Å². The summed E-state index contributed by atoms with van der Waals surface area (Å²) in [5.74, 6) is 0.579. The third-order valence-electron chi connectivity index (χ3n) is 2.18. The number of methoxy groups -OCH3 is 1. The highest BCUT2D eigenvalue weighted by atomic mass is 79.9. The van der Waals surface area contributed by atoms with Gasteiger partial charge in [-0.2, -0.15) is 0 Å². The molecular formula is C12H16BrNO3. The number of ether oxygens (including phenoxy) is 2. The van der Waals surface area contributed by atoms with Crippen LogP contribution in [0.5, 0.6) is 5.75 Å². The predicted octanol–water partition coefficient (Wildman–Crippen LogP) is 1.93. The SMILES string of the molecule is COC(=O)CN(C)CCOc1ccc(Br)cc1. The largest absolute Gasteiger partial charge is 0.492 e. The Kier molecular flexibility index (Phi) is 6.00. The Morgan fingerprint density at radius 1 is 1.35 bits per heavy atom. The third kappa shape index (κ3) is 5.70. The number of hydrogen-bond donors (Lipinski definition) is 0. The van der Waals surface area contributed by atoms with Crippen LogP contribution < -0.4 is 4.74 Å². The monoisotopic (exact) mass is 301 g/mol. The van der Waals surface area contributed by atoms with E-state index in [0.717, 1.165) is 10.2 Å². The van der Waals surface area contributed by atoms with Gasteiger partial charge in [-0.3, -0.25) is 9.69 Å². The van der Waals surface area contributed by atoms with E-state index in [4.69, 9.17) is 4.74 Å². The molecule has 1 aromatic carbocycles. The summed E-state index contributed by atoms with van der Waals surface area (Å²) >= 11 is 3.36. The minimum absolute atomic E-state index is 0.240. The van der Waals surface area contributed by atoms with Crippen LogP contribution in [0.25, 0.3) is 0 Å². The van der Waals surface area contributed by atoms with Gasteiger partial charge in [-0.15, -0.1) is 0 Å². The Balaban J connectivity index is 2.23. The van der Waals surface area contributed by atoms with Gasteiger partial charge in [0.05, 0.1) is 13.7 Å². The zero-order chi connectivity index (χ0) is 12.7. The second-order valence-corrected chi connectivity index (χ2v) is 4.53. The van der Waals surface area contributed by atoms with Crippen molar-refractivity contribution in [2.24, 2.45) is 0 Å². The van der Waals surface area contributed by atoms with Crippen LogP contribution in [0, 0.1) is 0 Å². The van der Waals surface area contributed by atoms with Gasteiger partial charge in [0, 0.05) is 11.0 Å². The summed E-state index contributed by atoms with van der Waals surface area (Å²) in [6.07, 6.45) is 0. The Morgan fingerprint density at radius 3 is 2.59 bits per heavy atom. The van der Waals surface area contributed by atoms with E-state index in [9.17, 15) is 4.79 Å². The van der Waals surface area contributed by atoms with Crippen LogP contribution in [0.1, 0.15) is 0 Å². The standard InChI is InChI=1S/C12H16BrNO3/c1-14(9-12(15)16-2)7-8-17-11-5-3-10(13)4-6-11/h3-6H,7-9H2,1-2H3. The van der Waals surface area contributed by atoms with Crippen LogP contribution >= 0.6 is 15.9 Å². The molecule has 1 aromatic rings. The lowest BCUT2D eigenvalue weighted by atomic mass is 10.3. The van der Waals surface area contributed by atoms with Crippen molar-refractivity contribution in [3.8, 4) is 5.75 Å². The van der Waals surface area contributed by atoms with Gasteiger partial charge in [0.25, 0.3) is 0 Å². The Labute approximate surface area is 110 Å². The number of hydrogen-bond acceptors (Lipinski definition) is 4. The summed E-state index contributed by atoms with van der Waals surface area (Å²) in [6.45, 7) is 1.49. The molecule has 0 aliphatic rings. The summed E-state index contributed by atoms with van der Waals surface area (Å²) in [5, 5.41) is 0. The molecule has 0 spiro atoms. The predicted molar refractivity (Wildman–Crippen MR) is 69.2 cm³/mol. The fourth-order valence-electron chi connectivity index (χ4n) is 1.21. The summed E-state index contributed by atoms with van der Waals surface area (Å²) < 4.78 is 11.1. The lowest BCUT2D eigenvalue weighted by molar-refractivity contribution is -0.141. The van der Waals surface area contributed by atoms with E-state index in [-0.39, 0.29) is 12.5 Å². The van der Waals surface area contributed by atoms with E-state index in [0.29, 0.717) is 13.2 Å². The van der Waals surface area contributed by atoms with Crippen molar-refractivity contribution in [3.05, 3.63) is 28.7 Å². The summed E-state index contributed by atoms with van der Waals surface area (Å²) in [4.78, 5) is 12.8. The van der Waals surface area contributed by atoms with Crippen LogP contribution in [0.15, 0.2) is 28.7 Å². The molecule has 0 unspecified atom stereocenters. The van der Waals surface area contributed by atoms with Gasteiger partial charge in [0.2, 0.25) is 0 Å². The molecule has 0 saturated heterocycles. The van der Waals surface area contributed by atoms with Crippen LogP contribution in [0.2, 0.25) is 0 Å². The highest BCUT2D eigenvalue weighted by Crippen LogP contribution is 2.15. The highest BCUT2D eigenvalue weighted by molar-refractivity contribution is 9.10. The molecule has 0 aliphatic heterocycles. The van der Waals surface area contributed by atoms with E-state index < -0.39 is 0 Å². The van der Waals surface area contributed by atoms with Gasteiger partial charge < -0.3 is 9.47 Å². The molecule has 5 heteroatoms. The van der Waals surface area contributed by atoms with Crippen molar-refractivity contribution in [3.63, 3.8) is 0 Å². The van der Waals surface area contributed by atoms with Gasteiger partial charge in [0.1, 0.15) is 12.4 Å². The maximum atomic E-state index is 11.0. The van der Waals surface area contributed by atoms with E-state index in [2.05, 4.69) is 20.7 Å². The van der Waals surface area contributed by atoms with Gasteiger partial charge in [-0.1, -0.05) is 15.9 Å². The number of rotatable bonds is 6. The molecule has 0 heterocycles. The number of carbonyl (C=O) groups excluding carboxylic acids is 1. The Morgan fingerprint density at radius 2 is 2.00 bits per heavy atom. The van der Waals surface area contributed by atoms with Crippen molar-refractivity contribution >= 4 is 21.9 Å². The molecule has 0 radical (unpaired) electrons. The third-order valence-corrected chi connectivity index (χ3v) is 2.71. The molecule has 0 atom stereocenters. The first-order valence-electron chi connectivity index (χ1n) is 5.25. The normalized spacial score (nSPS) is 10.4. The van der Waals surface area contributed by atoms with Crippen molar-refractivity contribution in [1.82, 2.24) is 4.90 Å². The van der Waals surface area contributed by atoms with Crippen molar-refractivity contribution in [2.75, 3.05) is 33.9 Å². The van der Waals surface area contributed by atoms with Crippen molar-refractivity contribution < 1.29 is 14.3 Å². The molecule has 17 heavy (non-hydrogen) atoms. The first kappa shape index (κ1) is 14.0. The van der Waals surface area contributed by atoms with Crippen LogP contribution in [0.3, 0.4) is 0 Å². The molecule has 1 rings (SSSR count). The zero-order valence-corrected chi connectivity index (χ0v) is 11.6. The van der Waals surface area contributed by atoms with Gasteiger partial charge in [-0.05, 0) is 31.3 Å². The molecule has 0 fully saturated rings. The fraction of sp³-hybridized carbons (Fsp3) is 0.417. The van der Waals surface area contributed by atoms with Crippen molar-refractivity contribution in [1.29, 1.82) is 0 Å². The number of likely N-dealkylation sites (N-methyl/N-ethyl adjacent to an activating group) is 1. The molecule has 0 bridgehead atoms. The van der Waals surface area contributed by atoms with Gasteiger partial charge in [-0.25, -0.2) is 0 Å². The molecule has 94 valence electrons. The topological polar surface area (TPSA) is 38.8 Å². The smallest absolute Gasteiger partial charge is 0.319 e. The lowest BCUT2D eigenvalue weighted by Crippen LogP contribution is -2.30. The molecule has 0 aromatic heterocycles. The molecule has 0 saturated carbocycles. The fourth-order valence-corrected chi connectivity index (χ4v) is 1.48. The minimum Gasteiger partial charge on any atom is -0.492 e. The quantitative estimate of drug-likeness (QED) is 0.753. The number of benzene rings is 1. The number of nitrogens with zero attached hydrogens (tertiary/aromatic N) is 1.